The number of nitrogens with one attached hydrogen (secondary N) is 2. The molecule has 0 heterocycles. The van der Waals surface area contributed by atoms with Crippen molar-refractivity contribution in [2.24, 2.45) is 0 Å². The Hall–Kier alpha value is -1.10. The van der Waals surface area contributed by atoms with Crippen LogP contribution in [0.5, 0.6) is 0 Å². The normalized spacial score (nSPS) is 22.4. The smallest absolute Gasteiger partial charge is 0.329 e. The molecule has 1 amide bonds. The number of aliphatic carboxylic acids is 1. The van der Waals surface area contributed by atoms with Gasteiger partial charge in [0.15, 0.2) is 0 Å². The van der Waals surface area contributed by atoms with Crippen molar-refractivity contribution in [2.75, 3.05) is 6.54 Å². The molecule has 0 unspecified atom stereocenters. The van der Waals surface area contributed by atoms with Gasteiger partial charge < -0.3 is 15.7 Å². The monoisotopic (exact) mass is 254 g/mol. The molecule has 2 aliphatic carbocycles. The molecule has 3 N–H and O–H groups in total. The summed E-state index contributed by atoms with van der Waals surface area (Å²) in [5.41, 5.74) is -1.01. The molecule has 0 aromatic heterocycles. The summed E-state index contributed by atoms with van der Waals surface area (Å²) >= 11 is 0. The average Bonchev–Trinajstić information content (AvgIpc) is 3.14. The molecule has 0 bridgehead atoms. The van der Waals surface area contributed by atoms with Gasteiger partial charge in [-0.25, -0.2) is 4.79 Å². The molecule has 0 aromatic rings. The van der Waals surface area contributed by atoms with Gasteiger partial charge in [-0.05, 0) is 25.7 Å². The van der Waals surface area contributed by atoms with Gasteiger partial charge in [0, 0.05) is 19.0 Å². The molecule has 18 heavy (non-hydrogen) atoms. The van der Waals surface area contributed by atoms with Crippen LogP contribution < -0.4 is 10.6 Å². The average molecular weight is 254 g/mol. The van der Waals surface area contributed by atoms with Crippen molar-refractivity contribution in [3.63, 3.8) is 0 Å². The molecule has 0 atom stereocenters. The largest absolute Gasteiger partial charge is 0.480 e. The SMILES string of the molecule is O=C(CCNC1CC1)NC1(C(=O)O)CCCCC1. The minimum atomic E-state index is -1.01. The van der Waals surface area contributed by atoms with Crippen LogP contribution >= 0.6 is 0 Å². The topological polar surface area (TPSA) is 78.4 Å². The van der Waals surface area contributed by atoms with Crippen LogP contribution in [-0.4, -0.2) is 35.1 Å². The van der Waals surface area contributed by atoms with Gasteiger partial charge in [-0.3, -0.25) is 4.79 Å². The van der Waals surface area contributed by atoms with E-state index in [2.05, 4.69) is 10.6 Å². The number of carboxylic acids is 1. The highest BCUT2D eigenvalue weighted by Crippen LogP contribution is 2.28. The van der Waals surface area contributed by atoms with Crippen molar-refractivity contribution in [3.8, 4) is 0 Å². The van der Waals surface area contributed by atoms with Crippen molar-refractivity contribution < 1.29 is 14.7 Å². The van der Waals surface area contributed by atoms with E-state index in [1.807, 2.05) is 0 Å². The highest BCUT2D eigenvalue weighted by molar-refractivity contribution is 5.87. The standard InChI is InChI=1S/C13H22N2O3/c16-11(6-9-14-10-4-5-10)15-13(12(17)18)7-2-1-3-8-13/h10,14H,1-9H2,(H,15,16)(H,17,18). The molecule has 0 aromatic carbocycles. The number of rotatable bonds is 6. The zero-order valence-electron chi connectivity index (χ0n) is 10.7. The Morgan fingerprint density at radius 1 is 1.17 bits per heavy atom. The van der Waals surface area contributed by atoms with E-state index in [1.54, 1.807) is 0 Å². The summed E-state index contributed by atoms with van der Waals surface area (Å²) in [7, 11) is 0. The maximum absolute atomic E-state index is 11.8. The molecule has 102 valence electrons. The van der Waals surface area contributed by atoms with Crippen LogP contribution in [0.1, 0.15) is 51.4 Å². The first kappa shape index (κ1) is 13.3. The molecule has 2 fully saturated rings. The highest BCUT2D eigenvalue weighted by Gasteiger charge is 2.40. The first-order valence-electron chi connectivity index (χ1n) is 6.90. The van der Waals surface area contributed by atoms with E-state index in [9.17, 15) is 14.7 Å². The van der Waals surface area contributed by atoms with E-state index >= 15 is 0 Å². The Balaban J connectivity index is 1.79. The number of hydrogen-bond donors (Lipinski definition) is 3. The van der Waals surface area contributed by atoms with E-state index in [1.165, 1.54) is 12.8 Å². The van der Waals surface area contributed by atoms with Crippen molar-refractivity contribution >= 4 is 11.9 Å². The van der Waals surface area contributed by atoms with Crippen LogP contribution in [0.4, 0.5) is 0 Å². The maximum Gasteiger partial charge on any atom is 0.329 e. The predicted octanol–water partition coefficient (Wildman–Crippen LogP) is 1.03. The van der Waals surface area contributed by atoms with Gasteiger partial charge in [-0.2, -0.15) is 0 Å². The van der Waals surface area contributed by atoms with E-state index in [4.69, 9.17) is 0 Å². The van der Waals surface area contributed by atoms with Crippen LogP contribution in [-0.2, 0) is 9.59 Å². The fraction of sp³-hybridized carbons (Fsp3) is 0.846. The summed E-state index contributed by atoms with van der Waals surface area (Å²) in [6.45, 7) is 0.645. The second-order valence-electron chi connectivity index (χ2n) is 5.47. The Morgan fingerprint density at radius 3 is 2.39 bits per heavy atom. The number of carbonyl (C=O) groups excluding carboxylic acids is 1. The quantitative estimate of drug-likeness (QED) is 0.661. The number of carboxylic acid groups (broad SMARTS) is 1. The second-order valence-corrected chi connectivity index (χ2v) is 5.47. The van der Waals surface area contributed by atoms with Crippen LogP contribution in [0.15, 0.2) is 0 Å². The van der Waals surface area contributed by atoms with Gasteiger partial charge in [0.2, 0.25) is 5.91 Å². The van der Waals surface area contributed by atoms with Crippen LogP contribution in [0.3, 0.4) is 0 Å². The molecule has 0 saturated heterocycles. The molecular weight excluding hydrogens is 232 g/mol. The van der Waals surface area contributed by atoms with Crippen molar-refractivity contribution in [1.29, 1.82) is 0 Å². The molecule has 2 saturated carbocycles. The Morgan fingerprint density at radius 2 is 1.83 bits per heavy atom. The van der Waals surface area contributed by atoms with Crippen molar-refractivity contribution in [3.05, 3.63) is 0 Å². The molecule has 2 rings (SSSR count). The summed E-state index contributed by atoms with van der Waals surface area (Å²) in [4.78, 5) is 23.2. The first-order chi connectivity index (χ1) is 8.62. The van der Waals surface area contributed by atoms with Gasteiger partial charge in [0.25, 0.3) is 0 Å². The van der Waals surface area contributed by atoms with Gasteiger partial charge in [-0.1, -0.05) is 19.3 Å². The Kier molecular flexibility index (Phi) is 4.22. The van der Waals surface area contributed by atoms with E-state index in [0.29, 0.717) is 31.8 Å². The van der Waals surface area contributed by atoms with E-state index in [0.717, 1.165) is 19.3 Å². The van der Waals surface area contributed by atoms with Crippen LogP contribution in [0.2, 0.25) is 0 Å². The molecule has 0 radical (unpaired) electrons. The molecule has 5 heteroatoms. The van der Waals surface area contributed by atoms with Crippen LogP contribution in [0, 0.1) is 0 Å². The summed E-state index contributed by atoms with van der Waals surface area (Å²) in [5, 5.41) is 15.3. The van der Waals surface area contributed by atoms with Gasteiger partial charge in [-0.15, -0.1) is 0 Å². The third-order valence-electron chi connectivity index (χ3n) is 3.86. The third kappa shape index (κ3) is 3.45. The predicted molar refractivity (Wildman–Crippen MR) is 67.2 cm³/mol. The lowest BCUT2D eigenvalue weighted by atomic mass is 9.81. The lowest BCUT2D eigenvalue weighted by Crippen LogP contribution is -2.55. The summed E-state index contributed by atoms with van der Waals surface area (Å²) in [6, 6.07) is 0.584. The first-order valence-corrected chi connectivity index (χ1v) is 6.90. The minimum Gasteiger partial charge on any atom is -0.480 e. The van der Waals surface area contributed by atoms with Crippen molar-refractivity contribution in [1.82, 2.24) is 10.6 Å². The Bertz CT molecular complexity index is 320. The number of carbonyl (C=O) groups is 2. The zero-order chi connectivity index (χ0) is 13.0. The molecule has 2 aliphatic rings. The summed E-state index contributed by atoms with van der Waals surface area (Å²) in [6.07, 6.45) is 6.70. The maximum atomic E-state index is 11.8. The molecule has 5 nitrogen and oxygen atoms in total. The fourth-order valence-corrected chi connectivity index (χ4v) is 2.55. The van der Waals surface area contributed by atoms with E-state index in [-0.39, 0.29) is 5.91 Å². The number of amides is 1. The van der Waals surface area contributed by atoms with Crippen LogP contribution in [0.25, 0.3) is 0 Å². The van der Waals surface area contributed by atoms with Gasteiger partial charge in [0.1, 0.15) is 5.54 Å². The lowest BCUT2D eigenvalue weighted by Gasteiger charge is -2.34. The summed E-state index contributed by atoms with van der Waals surface area (Å²) < 4.78 is 0. The molecular formula is C13H22N2O3. The molecule has 0 spiro atoms. The van der Waals surface area contributed by atoms with Gasteiger partial charge >= 0.3 is 5.97 Å². The second kappa shape index (κ2) is 5.69. The highest BCUT2D eigenvalue weighted by atomic mass is 16.4. The number of hydrogen-bond acceptors (Lipinski definition) is 3. The minimum absolute atomic E-state index is 0.146. The summed E-state index contributed by atoms with van der Waals surface area (Å²) in [5.74, 6) is -1.03. The Labute approximate surface area is 107 Å². The molecule has 0 aliphatic heterocycles. The van der Waals surface area contributed by atoms with E-state index < -0.39 is 11.5 Å². The van der Waals surface area contributed by atoms with Crippen molar-refractivity contribution in [2.45, 2.75) is 62.9 Å². The third-order valence-corrected chi connectivity index (χ3v) is 3.86. The zero-order valence-corrected chi connectivity index (χ0v) is 10.7. The lowest BCUT2D eigenvalue weighted by molar-refractivity contribution is -0.149. The fourth-order valence-electron chi connectivity index (χ4n) is 2.55. The van der Waals surface area contributed by atoms with Gasteiger partial charge in [0.05, 0.1) is 0 Å².